The number of aryl methyl sites for hydroxylation is 2. The van der Waals surface area contributed by atoms with E-state index in [4.69, 9.17) is 9.72 Å². The van der Waals surface area contributed by atoms with Gasteiger partial charge in [-0.05, 0) is 33.1 Å². The average Bonchev–Trinajstić information content (AvgIpc) is 2.86. The molecular formula is C15H23N5O. The summed E-state index contributed by atoms with van der Waals surface area (Å²) in [6, 6.07) is 0. The van der Waals surface area contributed by atoms with Crippen LogP contribution in [0.1, 0.15) is 38.9 Å². The Kier molecular flexibility index (Phi) is 4.34. The van der Waals surface area contributed by atoms with Gasteiger partial charge < -0.3 is 14.6 Å². The topological polar surface area (TPSA) is 64.9 Å². The summed E-state index contributed by atoms with van der Waals surface area (Å²) in [5, 5.41) is 3.36. The van der Waals surface area contributed by atoms with E-state index in [0.717, 1.165) is 55.3 Å². The summed E-state index contributed by atoms with van der Waals surface area (Å²) in [6.07, 6.45) is 6.33. The van der Waals surface area contributed by atoms with Crippen LogP contribution in [0, 0.1) is 0 Å². The molecule has 6 heteroatoms. The third-order valence-corrected chi connectivity index (χ3v) is 3.71. The zero-order chi connectivity index (χ0) is 14.7. The molecule has 21 heavy (non-hydrogen) atoms. The monoisotopic (exact) mass is 289 g/mol. The molecule has 0 saturated heterocycles. The molecule has 114 valence electrons. The van der Waals surface area contributed by atoms with E-state index >= 15 is 0 Å². The zero-order valence-electron chi connectivity index (χ0n) is 12.8. The van der Waals surface area contributed by atoms with Gasteiger partial charge in [0.2, 0.25) is 0 Å². The van der Waals surface area contributed by atoms with Gasteiger partial charge in [0, 0.05) is 26.1 Å². The highest BCUT2D eigenvalue weighted by Crippen LogP contribution is 2.24. The minimum Gasteiger partial charge on any atom is -0.379 e. The average molecular weight is 289 g/mol. The van der Waals surface area contributed by atoms with Crippen molar-refractivity contribution in [2.75, 3.05) is 18.5 Å². The highest BCUT2D eigenvalue weighted by atomic mass is 16.5. The summed E-state index contributed by atoms with van der Waals surface area (Å²) in [6.45, 7) is 6.72. The molecule has 0 atom stereocenters. The van der Waals surface area contributed by atoms with Gasteiger partial charge in [0.1, 0.15) is 12.2 Å². The van der Waals surface area contributed by atoms with Crippen LogP contribution in [-0.4, -0.2) is 38.8 Å². The van der Waals surface area contributed by atoms with E-state index in [1.54, 1.807) is 6.33 Å². The summed E-state index contributed by atoms with van der Waals surface area (Å²) < 4.78 is 7.77. The molecule has 0 aromatic carbocycles. The zero-order valence-corrected chi connectivity index (χ0v) is 12.8. The van der Waals surface area contributed by atoms with Crippen molar-refractivity contribution in [2.24, 2.45) is 0 Å². The third kappa shape index (κ3) is 3.15. The van der Waals surface area contributed by atoms with E-state index in [1.165, 1.54) is 12.8 Å². The molecule has 3 rings (SSSR count). The standard InChI is InChI=1S/C15H23N5O/c1-11(2)21-9-5-7-16-14-13-15(18-10-17-14)20-8-4-3-6-12(20)19-13/h10-11H,3-9H2,1-2H3,(H,16,17,18). The maximum atomic E-state index is 5.54. The molecule has 0 spiro atoms. The SMILES string of the molecule is CC(C)OCCCNc1ncnc2c1nc1n2CCCC1. The van der Waals surface area contributed by atoms with Gasteiger partial charge in [-0.2, -0.15) is 0 Å². The van der Waals surface area contributed by atoms with Crippen molar-refractivity contribution in [3.05, 3.63) is 12.2 Å². The number of hydrogen-bond donors (Lipinski definition) is 1. The van der Waals surface area contributed by atoms with Gasteiger partial charge in [0.15, 0.2) is 17.0 Å². The van der Waals surface area contributed by atoms with Gasteiger partial charge in [0.25, 0.3) is 0 Å². The quantitative estimate of drug-likeness (QED) is 0.827. The van der Waals surface area contributed by atoms with Crippen molar-refractivity contribution in [1.29, 1.82) is 0 Å². The first kappa shape index (κ1) is 14.3. The molecule has 0 saturated carbocycles. The first-order valence-electron chi connectivity index (χ1n) is 7.81. The van der Waals surface area contributed by atoms with Gasteiger partial charge in [-0.3, -0.25) is 0 Å². The largest absolute Gasteiger partial charge is 0.379 e. The lowest BCUT2D eigenvalue weighted by atomic mass is 10.2. The van der Waals surface area contributed by atoms with Crippen LogP contribution in [0.4, 0.5) is 5.82 Å². The molecular weight excluding hydrogens is 266 g/mol. The number of hydrogen-bond acceptors (Lipinski definition) is 5. The van der Waals surface area contributed by atoms with Crippen molar-refractivity contribution in [3.63, 3.8) is 0 Å². The molecule has 0 radical (unpaired) electrons. The summed E-state index contributed by atoms with van der Waals surface area (Å²) >= 11 is 0. The van der Waals surface area contributed by atoms with Crippen LogP contribution in [0.3, 0.4) is 0 Å². The van der Waals surface area contributed by atoms with Crippen molar-refractivity contribution >= 4 is 17.0 Å². The number of fused-ring (bicyclic) bond motifs is 3. The van der Waals surface area contributed by atoms with E-state index in [2.05, 4.69) is 33.7 Å². The second kappa shape index (κ2) is 6.39. The fourth-order valence-corrected chi connectivity index (χ4v) is 2.69. The number of ether oxygens (including phenoxy) is 1. The number of rotatable bonds is 6. The number of aromatic nitrogens is 4. The van der Waals surface area contributed by atoms with E-state index < -0.39 is 0 Å². The molecule has 0 bridgehead atoms. The molecule has 1 aliphatic rings. The highest BCUT2D eigenvalue weighted by molar-refractivity contribution is 5.83. The Balaban J connectivity index is 1.69. The number of imidazole rings is 1. The molecule has 0 unspecified atom stereocenters. The number of nitrogens with zero attached hydrogens (tertiary/aromatic N) is 4. The smallest absolute Gasteiger partial charge is 0.165 e. The number of anilines is 1. The first-order chi connectivity index (χ1) is 10.3. The van der Waals surface area contributed by atoms with Crippen LogP contribution in [0.5, 0.6) is 0 Å². The van der Waals surface area contributed by atoms with Gasteiger partial charge >= 0.3 is 0 Å². The highest BCUT2D eigenvalue weighted by Gasteiger charge is 2.17. The molecule has 1 N–H and O–H groups in total. The molecule has 6 nitrogen and oxygen atoms in total. The Hall–Kier alpha value is -1.69. The Morgan fingerprint density at radius 3 is 3.10 bits per heavy atom. The Morgan fingerprint density at radius 1 is 1.33 bits per heavy atom. The minimum absolute atomic E-state index is 0.288. The second-order valence-corrected chi connectivity index (χ2v) is 5.73. The molecule has 0 fully saturated rings. The molecule has 2 aromatic heterocycles. The molecule has 0 amide bonds. The van der Waals surface area contributed by atoms with Crippen LogP contribution in [-0.2, 0) is 17.7 Å². The van der Waals surface area contributed by atoms with Crippen LogP contribution in [0.25, 0.3) is 11.2 Å². The molecule has 2 aromatic rings. The van der Waals surface area contributed by atoms with Gasteiger partial charge in [-0.15, -0.1) is 0 Å². The van der Waals surface area contributed by atoms with Crippen LogP contribution >= 0.6 is 0 Å². The first-order valence-corrected chi connectivity index (χ1v) is 7.81. The fourth-order valence-electron chi connectivity index (χ4n) is 2.69. The third-order valence-electron chi connectivity index (χ3n) is 3.71. The summed E-state index contributed by atoms with van der Waals surface area (Å²) in [5.74, 6) is 1.98. The fraction of sp³-hybridized carbons (Fsp3) is 0.667. The minimum atomic E-state index is 0.288. The maximum absolute atomic E-state index is 5.54. The van der Waals surface area contributed by atoms with E-state index in [1.807, 2.05) is 0 Å². The van der Waals surface area contributed by atoms with Gasteiger partial charge in [-0.25, -0.2) is 15.0 Å². The number of nitrogens with one attached hydrogen (secondary N) is 1. The van der Waals surface area contributed by atoms with E-state index in [-0.39, 0.29) is 6.10 Å². The summed E-state index contributed by atoms with van der Waals surface area (Å²) in [7, 11) is 0. The Bertz CT molecular complexity index is 607. The van der Waals surface area contributed by atoms with Crippen LogP contribution in [0.15, 0.2) is 6.33 Å². The lowest BCUT2D eigenvalue weighted by molar-refractivity contribution is 0.0787. The molecule has 0 aliphatic carbocycles. The second-order valence-electron chi connectivity index (χ2n) is 5.73. The normalized spacial score (nSPS) is 14.6. The maximum Gasteiger partial charge on any atom is 0.165 e. The summed E-state index contributed by atoms with van der Waals surface area (Å²) in [4.78, 5) is 13.5. The lowest BCUT2D eigenvalue weighted by Crippen LogP contribution is -2.11. The van der Waals surface area contributed by atoms with Crippen molar-refractivity contribution in [3.8, 4) is 0 Å². The van der Waals surface area contributed by atoms with Crippen molar-refractivity contribution < 1.29 is 4.74 Å². The Labute approximate surface area is 124 Å². The van der Waals surface area contributed by atoms with Gasteiger partial charge in [-0.1, -0.05) is 0 Å². The predicted molar refractivity (Wildman–Crippen MR) is 82.5 cm³/mol. The Morgan fingerprint density at radius 2 is 2.24 bits per heavy atom. The molecule has 3 heterocycles. The predicted octanol–water partition coefficient (Wildman–Crippen LogP) is 2.39. The molecule has 1 aliphatic heterocycles. The lowest BCUT2D eigenvalue weighted by Gasteiger charge is -2.13. The van der Waals surface area contributed by atoms with Gasteiger partial charge in [0.05, 0.1) is 6.10 Å². The van der Waals surface area contributed by atoms with E-state index in [0.29, 0.717) is 0 Å². The summed E-state index contributed by atoms with van der Waals surface area (Å²) in [5.41, 5.74) is 1.86. The van der Waals surface area contributed by atoms with Crippen molar-refractivity contribution in [2.45, 2.75) is 52.2 Å². The van der Waals surface area contributed by atoms with Crippen LogP contribution in [0.2, 0.25) is 0 Å². The van der Waals surface area contributed by atoms with Crippen molar-refractivity contribution in [1.82, 2.24) is 19.5 Å². The van der Waals surface area contributed by atoms with E-state index in [9.17, 15) is 0 Å². The van der Waals surface area contributed by atoms with Crippen LogP contribution < -0.4 is 5.32 Å².